The Hall–Kier alpha value is -3.07. The van der Waals surface area contributed by atoms with Crippen LogP contribution in [0.5, 0.6) is 5.75 Å². The number of nitrogens with one attached hydrogen (secondary N) is 2. The number of hydrazine groups is 1. The van der Waals surface area contributed by atoms with E-state index in [4.69, 9.17) is 10.5 Å². The molecule has 0 aliphatic carbocycles. The third kappa shape index (κ3) is 4.37. The topological polar surface area (TPSA) is 109 Å². The van der Waals surface area contributed by atoms with Gasteiger partial charge in [0.25, 0.3) is 5.91 Å². The van der Waals surface area contributed by atoms with E-state index in [0.29, 0.717) is 28.6 Å². The number of likely N-dealkylation sites (N-methyl/N-ethyl adjacent to an activating group) is 1. The van der Waals surface area contributed by atoms with E-state index >= 15 is 0 Å². The maximum Gasteiger partial charge on any atom is 0.269 e. The standard InChI is InChI=1S/C18H25N7O2/c1-3-24-8-10-25(11-9-24)17-15(19)16(20-12-21-17)22-23-18(26)13-4-6-14(27-2)7-5-13/h4-7,12H,3,8-11,19H2,1-2H3,(H,23,26)(H,20,21,22). The highest BCUT2D eigenvalue weighted by atomic mass is 16.5. The van der Waals surface area contributed by atoms with Crippen LogP contribution in [0, 0.1) is 0 Å². The predicted octanol–water partition coefficient (Wildman–Crippen LogP) is 0.966. The van der Waals surface area contributed by atoms with E-state index < -0.39 is 0 Å². The van der Waals surface area contributed by atoms with Crippen LogP contribution < -0.4 is 26.2 Å². The Morgan fingerprint density at radius 3 is 2.52 bits per heavy atom. The number of rotatable bonds is 6. The molecular formula is C18H25N7O2. The molecule has 0 unspecified atom stereocenters. The minimum Gasteiger partial charge on any atom is -0.497 e. The van der Waals surface area contributed by atoms with E-state index in [1.807, 2.05) is 0 Å². The van der Waals surface area contributed by atoms with Gasteiger partial charge in [-0.2, -0.15) is 0 Å². The Balaban J connectivity index is 1.64. The fourth-order valence-electron chi connectivity index (χ4n) is 2.94. The molecule has 1 aliphatic heterocycles. The summed E-state index contributed by atoms with van der Waals surface area (Å²) in [6, 6.07) is 6.81. The zero-order valence-corrected chi connectivity index (χ0v) is 15.6. The van der Waals surface area contributed by atoms with Gasteiger partial charge in [-0.3, -0.25) is 15.6 Å². The molecule has 3 rings (SSSR count). The van der Waals surface area contributed by atoms with E-state index in [0.717, 1.165) is 32.7 Å². The second-order valence-corrected chi connectivity index (χ2v) is 6.19. The summed E-state index contributed by atoms with van der Waals surface area (Å²) in [5.74, 6) is 1.45. The summed E-state index contributed by atoms with van der Waals surface area (Å²) in [6.07, 6.45) is 1.44. The van der Waals surface area contributed by atoms with E-state index in [9.17, 15) is 4.79 Å². The number of hydrogen-bond donors (Lipinski definition) is 3. The summed E-state index contributed by atoms with van der Waals surface area (Å²) in [5.41, 5.74) is 12.5. The fraction of sp³-hybridized carbons (Fsp3) is 0.389. The highest BCUT2D eigenvalue weighted by molar-refractivity contribution is 5.95. The van der Waals surface area contributed by atoms with Crippen molar-refractivity contribution >= 4 is 23.2 Å². The number of aromatic nitrogens is 2. The van der Waals surface area contributed by atoms with Crippen LogP contribution >= 0.6 is 0 Å². The van der Waals surface area contributed by atoms with Gasteiger partial charge in [-0.05, 0) is 30.8 Å². The number of anilines is 3. The monoisotopic (exact) mass is 371 g/mol. The zero-order valence-electron chi connectivity index (χ0n) is 15.6. The van der Waals surface area contributed by atoms with Crippen molar-refractivity contribution in [2.24, 2.45) is 0 Å². The summed E-state index contributed by atoms with van der Waals surface area (Å²) in [4.78, 5) is 25.2. The van der Waals surface area contributed by atoms with Crippen LogP contribution in [0.15, 0.2) is 30.6 Å². The normalized spacial score (nSPS) is 14.7. The first-order valence-electron chi connectivity index (χ1n) is 8.90. The number of methoxy groups -OCH3 is 1. The van der Waals surface area contributed by atoms with Crippen molar-refractivity contribution in [2.75, 3.05) is 55.9 Å². The minimum atomic E-state index is -0.297. The van der Waals surface area contributed by atoms with E-state index in [2.05, 4.69) is 37.5 Å². The van der Waals surface area contributed by atoms with Crippen LogP contribution in [0.2, 0.25) is 0 Å². The Bertz CT molecular complexity index is 774. The Labute approximate surface area is 158 Å². The number of nitrogens with two attached hydrogens (primary N) is 1. The van der Waals surface area contributed by atoms with Crippen LogP contribution in [0.4, 0.5) is 17.3 Å². The van der Waals surface area contributed by atoms with Crippen molar-refractivity contribution in [2.45, 2.75) is 6.92 Å². The first kappa shape index (κ1) is 18.7. The molecule has 2 aromatic rings. The highest BCUT2D eigenvalue weighted by Gasteiger charge is 2.20. The van der Waals surface area contributed by atoms with Gasteiger partial charge in [-0.1, -0.05) is 6.92 Å². The molecule has 1 amide bonds. The quantitative estimate of drug-likeness (QED) is 0.645. The second-order valence-electron chi connectivity index (χ2n) is 6.19. The average molecular weight is 371 g/mol. The minimum absolute atomic E-state index is 0.297. The van der Waals surface area contributed by atoms with E-state index in [-0.39, 0.29) is 5.91 Å². The largest absolute Gasteiger partial charge is 0.497 e. The number of carbonyl (C=O) groups is 1. The average Bonchev–Trinajstić information content (AvgIpc) is 2.73. The lowest BCUT2D eigenvalue weighted by molar-refractivity contribution is 0.0962. The number of nitrogen functional groups attached to an aromatic ring is 1. The molecule has 2 heterocycles. The van der Waals surface area contributed by atoms with Crippen molar-refractivity contribution in [3.05, 3.63) is 36.2 Å². The Kier molecular flexibility index (Phi) is 5.92. The Morgan fingerprint density at radius 2 is 1.89 bits per heavy atom. The van der Waals surface area contributed by atoms with Gasteiger partial charge in [0, 0.05) is 31.7 Å². The maximum absolute atomic E-state index is 12.3. The summed E-state index contributed by atoms with van der Waals surface area (Å²) in [6.45, 7) is 6.84. The second kappa shape index (κ2) is 8.54. The van der Waals surface area contributed by atoms with Crippen LogP contribution in [0.25, 0.3) is 0 Å². The van der Waals surface area contributed by atoms with Gasteiger partial charge in [-0.25, -0.2) is 9.97 Å². The third-order valence-electron chi connectivity index (χ3n) is 4.63. The van der Waals surface area contributed by atoms with Gasteiger partial charge in [-0.15, -0.1) is 0 Å². The van der Waals surface area contributed by atoms with Crippen LogP contribution in [-0.2, 0) is 0 Å². The first-order chi connectivity index (χ1) is 13.1. The van der Waals surface area contributed by atoms with E-state index in [1.54, 1.807) is 31.4 Å². The smallest absolute Gasteiger partial charge is 0.269 e. The summed E-state index contributed by atoms with van der Waals surface area (Å²) >= 11 is 0. The predicted molar refractivity (Wildman–Crippen MR) is 105 cm³/mol. The van der Waals surface area contributed by atoms with Crippen molar-refractivity contribution < 1.29 is 9.53 Å². The van der Waals surface area contributed by atoms with Crippen molar-refractivity contribution in [1.82, 2.24) is 20.3 Å². The number of amides is 1. The lowest BCUT2D eigenvalue weighted by Crippen LogP contribution is -2.46. The molecule has 0 radical (unpaired) electrons. The van der Waals surface area contributed by atoms with Crippen LogP contribution in [-0.4, -0.2) is 60.6 Å². The van der Waals surface area contributed by atoms with Gasteiger partial charge in [0.05, 0.1) is 7.11 Å². The highest BCUT2D eigenvalue weighted by Crippen LogP contribution is 2.26. The van der Waals surface area contributed by atoms with Crippen molar-refractivity contribution in [3.63, 3.8) is 0 Å². The SMILES string of the molecule is CCN1CCN(c2ncnc(NNC(=O)c3ccc(OC)cc3)c2N)CC1. The number of carbonyl (C=O) groups excluding carboxylic acids is 1. The maximum atomic E-state index is 12.3. The molecule has 1 aromatic carbocycles. The van der Waals surface area contributed by atoms with Crippen molar-refractivity contribution in [1.29, 1.82) is 0 Å². The van der Waals surface area contributed by atoms with E-state index in [1.165, 1.54) is 6.33 Å². The van der Waals surface area contributed by atoms with Gasteiger partial charge >= 0.3 is 0 Å². The molecule has 27 heavy (non-hydrogen) atoms. The molecule has 4 N–H and O–H groups in total. The summed E-state index contributed by atoms with van der Waals surface area (Å²) in [5, 5.41) is 0. The van der Waals surface area contributed by atoms with Gasteiger partial charge in [0.15, 0.2) is 11.6 Å². The molecule has 0 saturated carbocycles. The molecule has 0 spiro atoms. The summed E-state index contributed by atoms with van der Waals surface area (Å²) < 4.78 is 5.09. The lowest BCUT2D eigenvalue weighted by Gasteiger charge is -2.35. The first-order valence-corrected chi connectivity index (χ1v) is 8.90. The van der Waals surface area contributed by atoms with Gasteiger partial charge in [0.2, 0.25) is 0 Å². The Morgan fingerprint density at radius 1 is 1.19 bits per heavy atom. The lowest BCUT2D eigenvalue weighted by atomic mass is 10.2. The third-order valence-corrected chi connectivity index (χ3v) is 4.63. The van der Waals surface area contributed by atoms with Gasteiger partial charge < -0.3 is 20.3 Å². The molecule has 0 bridgehead atoms. The molecule has 1 fully saturated rings. The molecule has 144 valence electrons. The molecular weight excluding hydrogens is 346 g/mol. The molecule has 0 atom stereocenters. The summed E-state index contributed by atoms with van der Waals surface area (Å²) in [7, 11) is 1.58. The molecule has 1 aromatic heterocycles. The number of hydrogen-bond acceptors (Lipinski definition) is 8. The molecule has 1 aliphatic rings. The van der Waals surface area contributed by atoms with Crippen molar-refractivity contribution in [3.8, 4) is 5.75 Å². The number of ether oxygens (including phenoxy) is 1. The zero-order chi connectivity index (χ0) is 19.2. The number of nitrogens with zero attached hydrogens (tertiary/aromatic N) is 4. The number of benzene rings is 1. The van der Waals surface area contributed by atoms with Crippen LogP contribution in [0.3, 0.4) is 0 Å². The van der Waals surface area contributed by atoms with Crippen LogP contribution in [0.1, 0.15) is 17.3 Å². The molecule has 9 nitrogen and oxygen atoms in total. The molecule has 1 saturated heterocycles. The molecule has 9 heteroatoms. The van der Waals surface area contributed by atoms with Gasteiger partial charge in [0.1, 0.15) is 17.8 Å². The number of piperazine rings is 1. The fourth-order valence-corrected chi connectivity index (χ4v) is 2.94.